The first-order chi connectivity index (χ1) is 14.2. The molecule has 0 atom stereocenters. The van der Waals surface area contributed by atoms with E-state index in [-0.39, 0.29) is 0 Å². The first kappa shape index (κ1) is 17.4. The van der Waals surface area contributed by atoms with Crippen molar-refractivity contribution in [1.82, 2.24) is 19.7 Å². The zero-order chi connectivity index (χ0) is 19.8. The molecule has 0 fully saturated rings. The summed E-state index contributed by atoms with van der Waals surface area (Å²) in [4.78, 5) is 4.08. The van der Waals surface area contributed by atoms with E-state index < -0.39 is 0 Å². The van der Waals surface area contributed by atoms with Crippen LogP contribution in [-0.2, 0) is 13.5 Å². The van der Waals surface area contributed by atoms with Crippen LogP contribution in [0.5, 0.6) is 11.6 Å². The molecule has 0 aliphatic rings. The maximum Gasteiger partial charge on any atom is 0.246 e. The summed E-state index contributed by atoms with van der Waals surface area (Å²) < 4.78 is 8.33. The van der Waals surface area contributed by atoms with Gasteiger partial charge in [0.1, 0.15) is 5.75 Å². The van der Waals surface area contributed by atoms with Crippen molar-refractivity contribution in [2.24, 2.45) is 7.05 Å². The van der Waals surface area contributed by atoms with Gasteiger partial charge in [-0.15, -0.1) is 5.10 Å². The molecule has 0 amide bonds. The molecule has 0 N–H and O–H groups in total. The zero-order valence-electron chi connectivity index (χ0n) is 16.3. The van der Waals surface area contributed by atoms with Gasteiger partial charge in [0.2, 0.25) is 5.88 Å². The third-order valence-electron chi connectivity index (χ3n) is 5.32. The van der Waals surface area contributed by atoms with Gasteiger partial charge in [-0.3, -0.25) is 4.98 Å². The van der Waals surface area contributed by atoms with Crippen LogP contribution in [0.15, 0.2) is 73.1 Å². The molecule has 0 spiro atoms. The van der Waals surface area contributed by atoms with E-state index in [9.17, 15) is 0 Å². The van der Waals surface area contributed by atoms with Gasteiger partial charge >= 0.3 is 0 Å². The summed E-state index contributed by atoms with van der Waals surface area (Å²) in [5, 5.41) is 12.0. The third-order valence-corrected chi connectivity index (χ3v) is 5.32. The third kappa shape index (κ3) is 3.21. The van der Waals surface area contributed by atoms with Gasteiger partial charge in [0, 0.05) is 53.2 Å². The Hall–Kier alpha value is -3.73. The maximum atomic E-state index is 6.16. The molecule has 0 saturated carbocycles. The van der Waals surface area contributed by atoms with Crippen molar-refractivity contribution in [3.8, 4) is 11.6 Å². The normalized spacial score (nSPS) is 11.2. The monoisotopic (exact) mass is 380 g/mol. The second-order valence-electron chi connectivity index (χ2n) is 7.20. The predicted molar refractivity (Wildman–Crippen MR) is 114 cm³/mol. The first-order valence-electron chi connectivity index (χ1n) is 9.56. The summed E-state index contributed by atoms with van der Waals surface area (Å²) in [6.07, 6.45) is 4.29. The number of aromatic nitrogens is 4. The fourth-order valence-corrected chi connectivity index (χ4v) is 3.68. The SMILES string of the molecule is Cc1cc2cc(Oc3nnc(Cc4ccncc4)c4ccccc34)ccc2n1C. The Balaban J connectivity index is 1.53. The topological polar surface area (TPSA) is 52.8 Å². The Labute approximate surface area is 168 Å². The van der Waals surface area contributed by atoms with Crippen LogP contribution < -0.4 is 4.74 Å². The van der Waals surface area contributed by atoms with Gasteiger partial charge in [-0.2, -0.15) is 5.10 Å². The molecule has 5 rings (SSSR count). The molecule has 0 bridgehead atoms. The summed E-state index contributed by atoms with van der Waals surface area (Å²) in [6.45, 7) is 2.10. The lowest BCUT2D eigenvalue weighted by Gasteiger charge is -2.10. The van der Waals surface area contributed by atoms with E-state index in [1.54, 1.807) is 12.4 Å². The Morgan fingerprint density at radius 3 is 2.52 bits per heavy atom. The van der Waals surface area contributed by atoms with E-state index in [0.29, 0.717) is 12.3 Å². The van der Waals surface area contributed by atoms with Crippen molar-refractivity contribution in [2.45, 2.75) is 13.3 Å². The van der Waals surface area contributed by atoms with Crippen LogP contribution in [0.4, 0.5) is 0 Å². The van der Waals surface area contributed by atoms with Crippen LogP contribution >= 0.6 is 0 Å². The van der Waals surface area contributed by atoms with E-state index >= 15 is 0 Å². The number of benzene rings is 2. The second-order valence-corrected chi connectivity index (χ2v) is 7.20. The number of rotatable bonds is 4. The van der Waals surface area contributed by atoms with Crippen LogP contribution in [0.3, 0.4) is 0 Å². The van der Waals surface area contributed by atoms with Crippen LogP contribution in [-0.4, -0.2) is 19.7 Å². The molecule has 142 valence electrons. The number of nitrogens with zero attached hydrogens (tertiary/aromatic N) is 4. The molecule has 0 aliphatic carbocycles. The summed E-state index contributed by atoms with van der Waals surface area (Å²) >= 11 is 0. The molecule has 5 heteroatoms. The largest absolute Gasteiger partial charge is 0.437 e. The summed E-state index contributed by atoms with van der Waals surface area (Å²) in [6, 6.07) is 20.4. The smallest absolute Gasteiger partial charge is 0.246 e. The molecule has 0 saturated heterocycles. The van der Waals surface area contributed by atoms with E-state index in [0.717, 1.165) is 33.2 Å². The summed E-state index contributed by atoms with van der Waals surface area (Å²) in [5.74, 6) is 1.27. The van der Waals surface area contributed by atoms with Crippen LogP contribution in [0.25, 0.3) is 21.7 Å². The number of hydrogen-bond donors (Lipinski definition) is 0. The highest BCUT2D eigenvalue weighted by Crippen LogP contribution is 2.31. The minimum absolute atomic E-state index is 0.520. The van der Waals surface area contributed by atoms with E-state index in [4.69, 9.17) is 4.74 Å². The molecule has 3 aromatic heterocycles. The van der Waals surface area contributed by atoms with Gasteiger partial charge in [0.05, 0.1) is 5.69 Å². The molecule has 0 aliphatic heterocycles. The number of fused-ring (bicyclic) bond motifs is 2. The summed E-state index contributed by atoms with van der Waals surface area (Å²) in [5.41, 5.74) is 4.47. The zero-order valence-corrected chi connectivity index (χ0v) is 16.3. The lowest BCUT2D eigenvalue weighted by molar-refractivity contribution is 0.461. The molecule has 5 aromatic rings. The predicted octanol–water partition coefficient (Wildman–Crippen LogP) is 5.21. The van der Waals surface area contributed by atoms with E-state index in [1.165, 1.54) is 11.2 Å². The fourth-order valence-electron chi connectivity index (χ4n) is 3.68. The van der Waals surface area contributed by atoms with Gasteiger partial charge in [-0.05, 0) is 55.0 Å². The van der Waals surface area contributed by atoms with Crippen molar-refractivity contribution in [1.29, 1.82) is 0 Å². The minimum Gasteiger partial charge on any atom is -0.437 e. The van der Waals surface area contributed by atoms with Crippen molar-refractivity contribution in [3.63, 3.8) is 0 Å². The number of pyridine rings is 1. The molecule has 5 nitrogen and oxygen atoms in total. The molecule has 0 unspecified atom stereocenters. The van der Waals surface area contributed by atoms with Crippen molar-refractivity contribution in [2.75, 3.05) is 0 Å². The van der Waals surface area contributed by atoms with Gasteiger partial charge < -0.3 is 9.30 Å². The lowest BCUT2D eigenvalue weighted by atomic mass is 10.1. The van der Waals surface area contributed by atoms with Crippen molar-refractivity contribution in [3.05, 3.63) is 90.0 Å². The Bertz CT molecular complexity index is 1330. The maximum absolute atomic E-state index is 6.16. The van der Waals surface area contributed by atoms with E-state index in [1.807, 2.05) is 42.5 Å². The fraction of sp³-hybridized carbons (Fsp3) is 0.125. The van der Waals surface area contributed by atoms with Gasteiger partial charge in [0.15, 0.2) is 0 Å². The first-order valence-corrected chi connectivity index (χ1v) is 9.56. The van der Waals surface area contributed by atoms with Crippen LogP contribution in [0.2, 0.25) is 0 Å². The Morgan fingerprint density at radius 2 is 1.69 bits per heavy atom. The molecular formula is C24H20N4O. The average Bonchev–Trinajstić information content (AvgIpc) is 3.04. The van der Waals surface area contributed by atoms with Crippen LogP contribution in [0.1, 0.15) is 17.0 Å². The quantitative estimate of drug-likeness (QED) is 0.430. The molecule has 0 radical (unpaired) electrons. The average molecular weight is 380 g/mol. The highest BCUT2D eigenvalue weighted by molar-refractivity contribution is 5.89. The second kappa shape index (κ2) is 7.02. The van der Waals surface area contributed by atoms with Gasteiger partial charge in [-0.25, -0.2) is 0 Å². The van der Waals surface area contributed by atoms with Gasteiger partial charge in [-0.1, -0.05) is 18.2 Å². The van der Waals surface area contributed by atoms with Crippen molar-refractivity contribution < 1.29 is 4.74 Å². The molecular weight excluding hydrogens is 360 g/mol. The Morgan fingerprint density at radius 1 is 0.897 bits per heavy atom. The number of ether oxygens (including phenoxy) is 1. The minimum atomic E-state index is 0.520. The highest BCUT2D eigenvalue weighted by atomic mass is 16.5. The van der Waals surface area contributed by atoms with E-state index in [2.05, 4.69) is 51.9 Å². The van der Waals surface area contributed by atoms with Crippen LogP contribution in [0, 0.1) is 6.92 Å². The molecule has 2 aromatic carbocycles. The Kier molecular flexibility index (Phi) is 4.21. The highest BCUT2D eigenvalue weighted by Gasteiger charge is 2.12. The molecule has 3 heterocycles. The number of aryl methyl sites for hydroxylation is 2. The lowest BCUT2D eigenvalue weighted by Crippen LogP contribution is -2.00. The van der Waals surface area contributed by atoms with Gasteiger partial charge in [0.25, 0.3) is 0 Å². The summed E-state index contributed by atoms with van der Waals surface area (Å²) in [7, 11) is 2.07. The standard InChI is InChI=1S/C24H20N4O/c1-16-13-18-15-19(7-8-23(18)28(16)2)29-24-21-6-4-3-5-20(21)22(26-27-24)14-17-9-11-25-12-10-17/h3-13,15H,14H2,1-2H3. The van der Waals surface area contributed by atoms with Crippen molar-refractivity contribution >= 4 is 21.7 Å². The number of hydrogen-bond acceptors (Lipinski definition) is 4. The molecule has 29 heavy (non-hydrogen) atoms.